The van der Waals surface area contributed by atoms with Gasteiger partial charge in [0, 0.05) is 12.8 Å². The molecule has 0 saturated heterocycles. The molecule has 83 heavy (non-hydrogen) atoms. The number of carbonyl (C=O) groups excluding carboxylic acids is 3. The van der Waals surface area contributed by atoms with Crippen LogP contribution in [0.3, 0.4) is 0 Å². The van der Waals surface area contributed by atoms with E-state index in [0.29, 0.717) is 23.9 Å². The van der Waals surface area contributed by atoms with Crippen LogP contribution in [0.4, 0.5) is 0 Å². The van der Waals surface area contributed by atoms with Gasteiger partial charge in [0.15, 0.2) is 12.4 Å². The van der Waals surface area contributed by atoms with E-state index in [4.69, 9.17) is 18.9 Å². The lowest BCUT2D eigenvalue weighted by Gasteiger charge is -2.26. The Hall–Kier alpha value is -3.27. The molecule has 0 aromatic rings. The first-order valence-corrected chi connectivity index (χ1v) is 35.1. The highest BCUT2D eigenvalue weighted by molar-refractivity contribution is 5.70. The van der Waals surface area contributed by atoms with E-state index in [2.05, 4.69) is 86.8 Å². The third kappa shape index (κ3) is 66.1. The summed E-state index contributed by atoms with van der Waals surface area (Å²) in [5.41, 5.74) is 0. The highest BCUT2D eigenvalue weighted by atomic mass is 16.7. The Kier molecular flexibility index (Phi) is 62.2. The van der Waals surface area contributed by atoms with Crippen molar-refractivity contribution >= 4 is 17.9 Å². The monoisotopic (exact) mass is 1160 g/mol. The number of carboxylic acid groups (broad SMARTS) is 1. The van der Waals surface area contributed by atoms with Gasteiger partial charge >= 0.3 is 11.9 Å². The zero-order chi connectivity index (χ0) is 60.5. The SMILES string of the molecule is CC/C=C\C/C=C\C/C=C\C/C=C\C/C=C\CCCCCCCCCC(=O)OC(COC(=O)CCCCCCCCCCCCCCCCCCCCCCCCC/C=C\CCCCCCCCCC)COC(OCC[N+](C)(C)C)C(=O)[O-]. The zero-order valence-corrected chi connectivity index (χ0v) is 55.1. The first-order valence-electron chi connectivity index (χ1n) is 35.1. The number of likely N-dealkylation sites (N-methyl/N-ethyl adjacent to an activating group) is 1. The minimum Gasteiger partial charge on any atom is -0.545 e. The van der Waals surface area contributed by atoms with Gasteiger partial charge < -0.3 is 33.3 Å². The second-order valence-electron chi connectivity index (χ2n) is 24.8. The Labute approximate surface area is 513 Å². The summed E-state index contributed by atoms with van der Waals surface area (Å²) in [6.45, 7) is 4.66. The molecule has 0 saturated carbocycles. The van der Waals surface area contributed by atoms with Gasteiger partial charge in [0.1, 0.15) is 13.2 Å². The molecule has 9 heteroatoms. The maximum Gasteiger partial charge on any atom is 0.306 e. The lowest BCUT2D eigenvalue weighted by Crippen LogP contribution is -2.44. The van der Waals surface area contributed by atoms with Crippen molar-refractivity contribution < 1.29 is 42.9 Å². The number of allylic oxidation sites excluding steroid dienone is 12. The van der Waals surface area contributed by atoms with E-state index >= 15 is 0 Å². The summed E-state index contributed by atoms with van der Waals surface area (Å²) >= 11 is 0. The van der Waals surface area contributed by atoms with Gasteiger partial charge in [0.25, 0.3) is 0 Å². The van der Waals surface area contributed by atoms with Crippen molar-refractivity contribution in [1.82, 2.24) is 0 Å². The highest BCUT2D eigenvalue weighted by Gasteiger charge is 2.22. The van der Waals surface area contributed by atoms with E-state index in [-0.39, 0.29) is 32.2 Å². The molecule has 2 unspecified atom stereocenters. The molecule has 0 spiro atoms. The summed E-state index contributed by atoms with van der Waals surface area (Å²) in [6, 6.07) is 0. The lowest BCUT2D eigenvalue weighted by molar-refractivity contribution is -0.870. The molecular formula is C74H133NO8. The number of carbonyl (C=O) groups is 3. The van der Waals surface area contributed by atoms with Crippen molar-refractivity contribution in [3.63, 3.8) is 0 Å². The fourth-order valence-corrected chi connectivity index (χ4v) is 10.1. The summed E-state index contributed by atoms with van der Waals surface area (Å²) in [7, 11) is 5.93. The van der Waals surface area contributed by atoms with Gasteiger partial charge in [0.2, 0.25) is 0 Å². The molecule has 0 radical (unpaired) electrons. The second-order valence-corrected chi connectivity index (χ2v) is 24.8. The number of hydrogen-bond donors (Lipinski definition) is 0. The molecule has 0 fully saturated rings. The molecule has 0 heterocycles. The number of aliphatic carboxylic acids is 1. The van der Waals surface area contributed by atoms with Crippen LogP contribution in [-0.4, -0.2) is 82.3 Å². The van der Waals surface area contributed by atoms with Crippen LogP contribution in [0, 0.1) is 0 Å². The quantitative estimate of drug-likeness (QED) is 0.0195. The van der Waals surface area contributed by atoms with Gasteiger partial charge in [-0.25, -0.2) is 0 Å². The van der Waals surface area contributed by atoms with Crippen LogP contribution >= 0.6 is 0 Å². The molecule has 0 aromatic carbocycles. The number of rotatable bonds is 65. The van der Waals surface area contributed by atoms with Gasteiger partial charge in [0.05, 0.1) is 40.3 Å². The summed E-state index contributed by atoms with van der Waals surface area (Å²) in [5, 5.41) is 11.8. The fraction of sp³-hybridized carbons (Fsp3) is 0.797. The molecule has 0 N–H and O–H groups in total. The van der Waals surface area contributed by atoms with Crippen LogP contribution in [0.5, 0.6) is 0 Å². The van der Waals surface area contributed by atoms with Crippen LogP contribution in [0.2, 0.25) is 0 Å². The number of quaternary nitrogens is 1. The van der Waals surface area contributed by atoms with E-state index < -0.39 is 24.3 Å². The average molecular weight is 1160 g/mol. The summed E-state index contributed by atoms with van der Waals surface area (Å²) in [6.07, 6.45) is 82.8. The lowest BCUT2D eigenvalue weighted by atomic mass is 10.0. The van der Waals surface area contributed by atoms with E-state index in [0.717, 1.165) is 77.0 Å². The standard InChI is InChI=1S/C74H133NO8/c1-6-8-10-12-14-16-18-20-22-24-26-28-30-31-32-33-34-35-36-37-38-39-40-41-43-44-46-48-50-52-54-56-58-60-62-64-71(76)81-68-70(69-82-74(73(78)79)80-67-66-75(3,4)5)83-72(77)65-63-61-59-57-55-53-51-49-47-45-42-29-27-25-23-21-19-17-15-13-11-9-7-2/h9,11,15,17,21,23-24,26-27,29,45,47,70,74H,6-8,10,12-14,16,18-20,22,25,28,30-44,46,48-69H2,1-5H3/b11-9-,17-15-,23-21-,26-24-,29-27-,47-45-. The first-order chi connectivity index (χ1) is 40.6. The number of esters is 2. The van der Waals surface area contributed by atoms with Crippen LogP contribution in [0.25, 0.3) is 0 Å². The van der Waals surface area contributed by atoms with Gasteiger partial charge in [-0.1, -0.05) is 299 Å². The maximum absolute atomic E-state index is 12.9. The molecule has 0 aromatic heterocycles. The van der Waals surface area contributed by atoms with E-state index in [1.165, 1.54) is 212 Å². The number of ether oxygens (including phenoxy) is 4. The predicted octanol–water partition coefficient (Wildman–Crippen LogP) is 20.4. The molecule has 0 rings (SSSR count). The molecule has 0 aliphatic heterocycles. The molecule has 9 nitrogen and oxygen atoms in total. The minimum absolute atomic E-state index is 0.144. The van der Waals surface area contributed by atoms with E-state index in [9.17, 15) is 19.5 Å². The summed E-state index contributed by atoms with van der Waals surface area (Å²) < 4.78 is 22.8. The number of hydrogen-bond acceptors (Lipinski definition) is 8. The molecule has 0 aliphatic carbocycles. The highest BCUT2D eigenvalue weighted by Crippen LogP contribution is 2.18. The number of unbranched alkanes of at least 4 members (excludes halogenated alkanes) is 38. The largest absolute Gasteiger partial charge is 0.545 e. The normalized spacial score (nSPS) is 13.1. The Balaban J connectivity index is 4.05. The maximum atomic E-state index is 12.9. The van der Waals surface area contributed by atoms with Crippen molar-refractivity contribution in [2.45, 2.75) is 334 Å². The topological polar surface area (TPSA) is 111 Å². The van der Waals surface area contributed by atoms with Gasteiger partial charge in [-0.2, -0.15) is 0 Å². The van der Waals surface area contributed by atoms with Gasteiger partial charge in [-0.15, -0.1) is 0 Å². The van der Waals surface area contributed by atoms with Crippen molar-refractivity contribution in [2.24, 2.45) is 0 Å². The third-order valence-electron chi connectivity index (χ3n) is 15.4. The van der Waals surface area contributed by atoms with Crippen molar-refractivity contribution in [3.05, 3.63) is 72.9 Å². The van der Waals surface area contributed by atoms with Crippen LogP contribution in [0.1, 0.15) is 322 Å². The zero-order valence-electron chi connectivity index (χ0n) is 55.1. The molecule has 0 aliphatic rings. The Morgan fingerprint density at radius 1 is 0.373 bits per heavy atom. The number of nitrogens with zero attached hydrogens (tertiary/aromatic N) is 1. The second kappa shape index (κ2) is 64.7. The molecule has 0 bridgehead atoms. The van der Waals surface area contributed by atoms with Crippen molar-refractivity contribution in [2.75, 3.05) is 47.5 Å². The first kappa shape index (κ1) is 79.7. The smallest absolute Gasteiger partial charge is 0.306 e. The van der Waals surface area contributed by atoms with E-state index in [1.807, 2.05) is 21.1 Å². The Morgan fingerprint density at radius 2 is 0.687 bits per heavy atom. The van der Waals surface area contributed by atoms with Gasteiger partial charge in [-0.05, 0) is 83.5 Å². The average Bonchev–Trinajstić information content (AvgIpc) is 3.46. The Bertz CT molecular complexity index is 1590. The molecule has 482 valence electrons. The van der Waals surface area contributed by atoms with Crippen molar-refractivity contribution in [3.8, 4) is 0 Å². The van der Waals surface area contributed by atoms with E-state index in [1.54, 1.807) is 0 Å². The minimum atomic E-state index is -1.63. The summed E-state index contributed by atoms with van der Waals surface area (Å²) in [5.74, 6) is -2.29. The third-order valence-corrected chi connectivity index (χ3v) is 15.4. The molecule has 0 amide bonds. The van der Waals surface area contributed by atoms with Crippen LogP contribution in [0.15, 0.2) is 72.9 Å². The van der Waals surface area contributed by atoms with Crippen LogP contribution in [-0.2, 0) is 33.3 Å². The van der Waals surface area contributed by atoms with Gasteiger partial charge in [-0.3, -0.25) is 9.59 Å². The van der Waals surface area contributed by atoms with Crippen molar-refractivity contribution in [1.29, 1.82) is 0 Å². The summed E-state index contributed by atoms with van der Waals surface area (Å²) in [4.78, 5) is 37.5. The van der Waals surface area contributed by atoms with Crippen LogP contribution < -0.4 is 5.11 Å². The Morgan fingerprint density at radius 3 is 1.04 bits per heavy atom. The predicted molar refractivity (Wildman–Crippen MR) is 352 cm³/mol. The molecule has 2 atom stereocenters. The number of carboxylic acids is 1. The fourth-order valence-electron chi connectivity index (χ4n) is 10.1. The molecular weight excluding hydrogens is 1030 g/mol.